The fourth-order valence-electron chi connectivity index (χ4n) is 3.40. The molecule has 1 fully saturated rings. The molecule has 1 aliphatic rings. The van der Waals surface area contributed by atoms with Crippen molar-refractivity contribution in [3.8, 4) is 5.75 Å². The van der Waals surface area contributed by atoms with Gasteiger partial charge in [0.2, 0.25) is 5.91 Å². The number of anilines is 1. The molecule has 0 aliphatic carbocycles. The second-order valence-electron chi connectivity index (χ2n) is 6.71. The van der Waals surface area contributed by atoms with E-state index in [0.29, 0.717) is 43.4 Å². The molecule has 2 amide bonds. The number of hydrogen-bond acceptors (Lipinski definition) is 5. The summed E-state index contributed by atoms with van der Waals surface area (Å²) in [5.41, 5.74) is 0.528. The highest BCUT2D eigenvalue weighted by Crippen LogP contribution is 2.28. The number of benzene rings is 2. The van der Waals surface area contributed by atoms with Gasteiger partial charge in [-0.05, 0) is 17.5 Å². The van der Waals surface area contributed by atoms with Crippen LogP contribution in [0.15, 0.2) is 48.7 Å². The molecule has 29 heavy (non-hydrogen) atoms. The van der Waals surface area contributed by atoms with Crippen molar-refractivity contribution in [3.05, 3.63) is 54.2 Å². The second kappa shape index (κ2) is 8.32. The third kappa shape index (κ3) is 4.07. The molecule has 8 heteroatoms. The Bertz CT molecular complexity index is 1040. The zero-order valence-electron chi connectivity index (χ0n) is 16.1. The predicted molar refractivity (Wildman–Crippen MR) is 108 cm³/mol. The molecule has 0 radical (unpaired) electrons. The van der Waals surface area contributed by atoms with Crippen LogP contribution in [0.2, 0.25) is 0 Å². The summed E-state index contributed by atoms with van der Waals surface area (Å²) < 4.78 is 12.2. The average molecular weight is 394 g/mol. The maximum Gasteiger partial charge on any atom is 0.257 e. The Kier molecular flexibility index (Phi) is 5.44. The van der Waals surface area contributed by atoms with Gasteiger partial charge in [-0.1, -0.05) is 24.3 Å². The zero-order valence-corrected chi connectivity index (χ0v) is 16.1. The quantitative estimate of drug-likeness (QED) is 0.717. The molecular weight excluding hydrogens is 372 g/mol. The Balaban J connectivity index is 1.47. The number of nitrogens with one attached hydrogen (secondary N) is 1. The van der Waals surface area contributed by atoms with E-state index >= 15 is 0 Å². The highest BCUT2D eigenvalue weighted by molar-refractivity contribution is 6.13. The minimum atomic E-state index is -0.270. The van der Waals surface area contributed by atoms with Gasteiger partial charge < -0.3 is 19.7 Å². The van der Waals surface area contributed by atoms with E-state index in [4.69, 9.17) is 9.47 Å². The number of rotatable bonds is 5. The Hall–Kier alpha value is -3.39. The van der Waals surface area contributed by atoms with E-state index in [9.17, 15) is 9.59 Å². The minimum Gasteiger partial charge on any atom is -0.496 e. The summed E-state index contributed by atoms with van der Waals surface area (Å²) in [5, 5.41) is 8.77. The first-order valence-corrected chi connectivity index (χ1v) is 9.42. The van der Waals surface area contributed by atoms with E-state index in [1.807, 2.05) is 24.3 Å². The van der Waals surface area contributed by atoms with E-state index in [1.165, 1.54) is 4.68 Å². The fraction of sp³-hybridized carbons (Fsp3) is 0.286. The van der Waals surface area contributed by atoms with Gasteiger partial charge >= 0.3 is 0 Å². The molecule has 150 valence electrons. The molecule has 1 aliphatic heterocycles. The number of aromatic nitrogens is 2. The van der Waals surface area contributed by atoms with Gasteiger partial charge in [0.25, 0.3) is 5.91 Å². The van der Waals surface area contributed by atoms with Gasteiger partial charge in [0.15, 0.2) is 5.82 Å². The Morgan fingerprint density at radius 3 is 2.62 bits per heavy atom. The summed E-state index contributed by atoms with van der Waals surface area (Å²) in [7, 11) is 1.60. The van der Waals surface area contributed by atoms with Gasteiger partial charge in [0, 0.05) is 36.3 Å². The Labute approximate surface area is 168 Å². The van der Waals surface area contributed by atoms with Crippen LogP contribution in [0.5, 0.6) is 5.75 Å². The van der Waals surface area contributed by atoms with Crippen molar-refractivity contribution in [1.82, 2.24) is 14.7 Å². The largest absolute Gasteiger partial charge is 0.496 e. The second-order valence-corrected chi connectivity index (χ2v) is 6.71. The lowest BCUT2D eigenvalue weighted by molar-refractivity contribution is -0.136. The molecule has 0 spiro atoms. The van der Waals surface area contributed by atoms with Crippen LogP contribution in [-0.4, -0.2) is 59.9 Å². The average Bonchev–Trinajstić information content (AvgIpc) is 3.20. The molecule has 1 aromatic heterocycles. The summed E-state index contributed by atoms with van der Waals surface area (Å²) >= 11 is 0. The van der Waals surface area contributed by atoms with Crippen molar-refractivity contribution < 1.29 is 19.1 Å². The van der Waals surface area contributed by atoms with E-state index in [1.54, 1.807) is 36.4 Å². The van der Waals surface area contributed by atoms with Crippen LogP contribution in [-0.2, 0) is 16.1 Å². The number of carbonyl (C=O) groups excluding carboxylic acids is 2. The van der Waals surface area contributed by atoms with Crippen LogP contribution in [0.25, 0.3) is 10.8 Å². The minimum absolute atomic E-state index is 0.0181. The van der Waals surface area contributed by atoms with Gasteiger partial charge in [-0.2, -0.15) is 5.10 Å². The van der Waals surface area contributed by atoms with Gasteiger partial charge in [0.05, 0.1) is 20.3 Å². The lowest BCUT2D eigenvalue weighted by Crippen LogP contribution is -2.42. The Morgan fingerprint density at radius 1 is 1.10 bits per heavy atom. The molecule has 4 rings (SSSR count). The molecule has 8 nitrogen and oxygen atoms in total. The molecule has 0 saturated carbocycles. The SMILES string of the molecule is COc1ccc(C(=O)Nc2ccn(CC(=O)N3CCOCC3)n2)c2ccccc12. The fourth-order valence-corrected chi connectivity index (χ4v) is 3.40. The van der Waals surface area contributed by atoms with Crippen LogP contribution in [0, 0.1) is 0 Å². The number of nitrogens with zero attached hydrogens (tertiary/aromatic N) is 3. The molecule has 2 heterocycles. The third-order valence-corrected chi connectivity index (χ3v) is 4.89. The van der Waals surface area contributed by atoms with Crippen LogP contribution in [0.1, 0.15) is 10.4 Å². The molecule has 0 atom stereocenters. The van der Waals surface area contributed by atoms with Crippen LogP contribution in [0.3, 0.4) is 0 Å². The molecular formula is C21H22N4O4. The van der Waals surface area contributed by atoms with Crippen molar-refractivity contribution in [2.24, 2.45) is 0 Å². The first kappa shape index (κ1) is 18.9. The standard InChI is InChI=1S/C21H22N4O4/c1-28-18-7-6-17(15-4-2-3-5-16(15)18)21(27)22-19-8-9-25(23-19)14-20(26)24-10-12-29-13-11-24/h2-9H,10-14H2,1H3,(H,22,23,27). The smallest absolute Gasteiger partial charge is 0.257 e. The topological polar surface area (TPSA) is 85.7 Å². The maximum atomic E-state index is 12.8. The molecule has 1 saturated heterocycles. The molecule has 3 aromatic rings. The lowest BCUT2D eigenvalue weighted by Gasteiger charge is -2.26. The van der Waals surface area contributed by atoms with Gasteiger partial charge in [-0.15, -0.1) is 0 Å². The summed E-state index contributed by atoms with van der Waals surface area (Å²) in [5.74, 6) is 0.816. The van der Waals surface area contributed by atoms with E-state index in [-0.39, 0.29) is 18.4 Å². The van der Waals surface area contributed by atoms with Crippen molar-refractivity contribution in [1.29, 1.82) is 0 Å². The van der Waals surface area contributed by atoms with E-state index in [2.05, 4.69) is 10.4 Å². The summed E-state index contributed by atoms with van der Waals surface area (Å²) in [4.78, 5) is 26.9. The van der Waals surface area contributed by atoms with Gasteiger partial charge in [-0.25, -0.2) is 0 Å². The summed E-state index contributed by atoms with van der Waals surface area (Å²) in [6, 6.07) is 12.8. The van der Waals surface area contributed by atoms with Crippen LogP contribution >= 0.6 is 0 Å². The number of hydrogen-bond donors (Lipinski definition) is 1. The summed E-state index contributed by atoms with van der Waals surface area (Å²) in [6.07, 6.45) is 1.68. The van der Waals surface area contributed by atoms with Crippen molar-refractivity contribution in [2.45, 2.75) is 6.54 Å². The van der Waals surface area contributed by atoms with Crippen molar-refractivity contribution >= 4 is 28.4 Å². The summed E-state index contributed by atoms with van der Waals surface area (Å²) in [6.45, 7) is 2.42. The highest BCUT2D eigenvalue weighted by atomic mass is 16.5. The van der Waals surface area contributed by atoms with E-state index in [0.717, 1.165) is 10.8 Å². The number of morpholine rings is 1. The monoisotopic (exact) mass is 394 g/mol. The highest BCUT2D eigenvalue weighted by Gasteiger charge is 2.18. The number of amides is 2. The van der Waals surface area contributed by atoms with E-state index < -0.39 is 0 Å². The van der Waals surface area contributed by atoms with Crippen LogP contribution in [0.4, 0.5) is 5.82 Å². The van der Waals surface area contributed by atoms with Crippen molar-refractivity contribution in [2.75, 3.05) is 38.7 Å². The lowest BCUT2D eigenvalue weighted by atomic mass is 10.0. The van der Waals surface area contributed by atoms with Crippen LogP contribution < -0.4 is 10.1 Å². The molecule has 0 unspecified atom stereocenters. The number of fused-ring (bicyclic) bond motifs is 1. The van der Waals surface area contributed by atoms with Gasteiger partial charge in [0.1, 0.15) is 12.3 Å². The predicted octanol–water partition coefficient (Wildman–Crippen LogP) is 2.16. The third-order valence-electron chi connectivity index (χ3n) is 4.89. The number of carbonyl (C=O) groups is 2. The molecule has 1 N–H and O–H groups in total. The normalized spacial score (nSPS) is 14.0. The van der Waals surface area contributed by atoms with Crippen molar-refractivity contribution in [3.63, 3.8) is 0 Å². The van der Waals surface area contributed by atoms with Gasteiger partial charge in [-0.3, -0.25) is 14.3 Å². The Morgan fingerprint density at radius 2 is 1.86 bits per heavy atom. The number of ether oxygens (including phenoxy) is 2. The maximum absolute atomic E-state index is 12.8. The molecule has 2 aromatic carbocycles. The number of methoxy groups -OCH3 is 1. The first-order valence-electron chi connectivity index (χ1n) is 9.42. The first-order chi connectivity index (χ1) is 14.2. The molecule has 0 bridgehead atoms. The zero-order chi connectivity index (χ0) is 20.2.